The van der Waals surface area contributed by atoms with Crippen molar-refractivity contribution in [3.05, 3.63) is 58.4 Å². The minimum absolute atomic E-state index is 0.0746. The molecule has 0 saturated carbocycles. The molecule has 2 aromatic rings. The Morgan fingerprint density at radius 2 is 1.91 bits per heavy atom. The maximum Gasteiger partial charge on any atom is 0.271 e. The average Bonchev–Trinajstić information content (AvgIpc) is 2.47. The zero-order valence-corrected chi connectivity index (χ0v) is 12.1. The number of ether oxygens (including phenoxy) is 1. The fourth-order valence-electron chi connectivity index (χ4n) is 1.75. The van der Waals surface area contributed by atoms with Crippen molar-refractivity contribution in [3.8, 4) is 5.75 Å². The van der Waals surface area contributed by atoms with E-state index in [1.165, 1.54) is 31.4 Å². The molecule has 7 nitrogen and oxygen atoms in total. The third kappa shape index (κ3) is 3.14. The Hall–Kier alpha value is -2.68. The van der Waals surface area contributed by atoms with Gasteiger partial charge < -0.3 is 4.74 Å². The number of hydrogen-bond acceptors (Lipinski definition) is 5. The fraction of sp³-hybridized carbons (Fsp3) is 0.0769. The zero-order chi connectivity index (χ0) is 16.3. The molecule has 2 aromatic carbocycles. The Labute approximate surface area is 125 Å². The molecule has 0 fully saturated rings. The van der Waals surface area contributed by atoms with Crippen molar-refractivity contribution in [3.63, 3.8) is 0 Å². The second-order valence-corrected chi connectivity index (χ2v) is 5.83. The SMILES string of the molecule is COc1ccc([N+](=O)[O-])cc1NS(=O)(=O)c1ccccc1F. The molecule has 0 saturated heterocycles. The number of hydrogen-bond donors (Lipinski definition) is 1. The van der Waals surface area contributed by atoms with Crippen molar-refractivity contribution in [1.82, 2.24) is 0 Å². The van der Waals surface area contributed by atoms with Crippen LogP contribution in [0, 0.1) is 15.9 Å². The average molecular weight is 326 g/mol. The number of non-ortho nitro benzene ring substituents is 1. The number of methoxy groups -OCH3 is 1. The van der Waals surface area contributed by atoms with Crippen molar-refractivity contribution in [1.29, 1.82) is 0 Å². The largest absolute Gasteiger partial charge is 0.495 e. The monoisotopic (exact) mass is 326 g/mol. The number of halogens is 1. The van der Waals surface area contributed by atoms with E-state index >= 15 is 0 Å². The Kier molecular flexibility index (Phi) is 4.27. The molecule has 0 amide bonds. The minimum Gasteiger partial charge on any atom is -0.495 e. The molecular weight excluding hydrogens is 315 g/mol. The number of anilines is 1. The van der Waals surface area contributed by atoms with E-state index < -0.39 is 25.7 Å². The molecule has 1 N–H and O–H groups in total. The van der Waals surface area contributed by atoms with Crippen LogP contribution < -0.4 is 9.46 Å². The number of sulfonamides is 1. The van der Waals surface area contributed by atoms with Gasteiger partial charge in [0.15, 0.2) is 0 Å². The summed E-state index contributed by atoms with van der Waals surface area (Å²) in [4.78, 5) is 9.52. The molecule has 116 valence electrons. The number of benzene rings is 2. The minimum atomic E-state index is -4.25. The van der Waals surface area contributed by atoms with E-state index in [0.717, 1.165) is 18.2 Å². The molecule has 0 radical (unpaired) electrons. The van der Waals surface area contributed by atoms with Crippen LogP contribution >= 0.6 is 0 Å². The van der Waals surface area contributed by atoms with Crippen LogP contribution in [0.4, 0.5) is 15.8 Å². The predicted molar refractivity (Wildman–Crippen MR) is 76.9 cm³/mol. The zero-order valence-electron chi connectivity index (χ0n) is 11.3. The molecule has 0 unspecified atom stereocenters. The molecule has 0 atom stereocenters. The molecule has 0 aromatic heterocycles. The molecular formula is C13H11FN2O5S. The van der Waals surface area contributed by atoms with Crippen LogP contribution in [0.2, 0.25) is 0 Å². The van der Waals surface area contributed by atoms with Crippen LogP contribution in [0.1, 0.15) is 0 Å². The highest BCUT2D eigenvalue weighted by molar-refractivity contribution is 7.92. The second kappa shape index (κ2) is 5.98. The Morgan fingerprint density at radius 1 is 1.23 bits per heavy atom. The van der Waals surface area contributed by atoms with Gasteiger partial charge in [0.05, 0.1) is 17.7 Å². The van der Waals surface area contributed by atoms with E-state index in [0.29, 0.717) is 0 Å². The summed E-state index contributed by atoms with van der Waals surface area (Å²) >= 11 is 0. The smallest absolute Gasteiger partial charge is 0.271 e. The van der Waals surface area contributed by atoms with E-state index in [1.54, 1.807) is 0 Å². The van der Waals surface area contributed by atoms with Gasteiger partial charge >= 0.3 is 0 Å². The van der Waals surface area contributed by atoms with Crippen LogP contribution in [0.25, 0.3) is 0 Å². The van der Waals surface area contributed by atoms with Gasteiger partial charge in [0.2, 0.25) is 0 Å². The maximum atomic E-state index is 13.6. The number of nitrogens with zero attached hydrogens (tertiary/aromatic N) is 1. The van der Waals surface area contributed by atoms with Crippen molar-refractivity contribution < 1.29 is 22.5 Å². The lowest BCUT2D eigenvalue weighted by Gasteiger charge is -2.12. The first-order valence-electron chi connectivity index (χ1n) is 5.95. The molecule has 0 aliphatic rings. The third-order valence-electron chi connectivity index (χ3n) is 2.76. The maximum absolute atomic E-state index is 13.6. The molecule has 22 heavy (non-hydrogen) atoms. The topological polar surface area (TPSA) is 98.5 Å². The molecule has 0 spiro atoms. The van der Waals surface area contributed by atoms with Gasteiger partial charge in [-0.3, -0.25) is 14.8 Å². The van der Waals surface area contributed by atoms with Gasteiger partial charge in [-0.2, -0.15) is 0 Å². The van der Waals surface area contributed by atoms with Crippen molar-refractivity contribution in [2.24, 2.45) is 0 Å². The normalized spacial score (nSPS) is 11.0. The Bertz CT molecular complexity index is 823. The van der Waals surface area contributed by atoms with Crippen LogP contribution in [0.15, 0.2) is 47.4 Å². The highest BCUT2D eigenvalue weighted by Gasteiger charge is 2.21. The summed E-state index contributed by atoms with van der Waals surface area (Å²) in [5, 5.41) is 10.8. The first kappa shape index (κ1) is 15.7. The van der Waals surface area contributed by atoms with Crippen molar-refractivity contribution >= 4 is 21.4 Å². The molecule has 2 rings (SSSR count). The van der Waals surface area contributed by atoms with Crippen LogP contribution in [0.3, 0.4) is 0 Å². The van der Waals surface area contributed by atoms with Crippen molar-refractivity contribution in [2.45, 2.75) is 4.90 Å². The van der Waals surface area contributed by atoms with Gasteiger partial charge in [-0.1, -0.05) is 12.1 Å². The summed E-state index contributed by atoms with van der Waals surface area (Å²) < 4.78 is 45.1. The molecule has 0 bridgehead atoms. The summed E-state index contributed by atoms with van der Waals surface area (Å²) in [5.74, 6) is -0.857. The first-order chi connectivity index (χ1) is 10.3. The second-order valence-electron chi connectivity index (χ2n) is 4.18. The summed E-state index contributed by atoms with van der Waals surface area (Å²) in [5.41, 5.74) is -0.480. The van der Waals surface area contributed by atoms with Gasteiger partial charge in [0, 0.05) is 12.1 Å². The van der Waals surface area contributed by atoms with Gasteiger partial charge in [-0.15, -0.1) is 0 Å². The van der Waals surface area contributed by atoms with Crippen molar-refractivity contribution in [2.75, 3.05) is 11.8 Å². The lowest BCUT2D eigenvalue weighted by Crippen LogP contribution is -2.15. The molecule has 9 heteroatoms. The van der Waals surface area contributed by atoms with Gasteiger partial charge in [0.1, 0.15) is 16.5 Å². The molecule has 0 aliphatic heterocycles. The van der Waals surface area contributed by atoms with Crippen LogP contribution in [-0.4, -0.2) is 20.5 Å². The number of rotatable bonds is 5. The highest BCUT2D eigenvalue weighted by Crippen LogP contribution is 2.31. The highest BCUT2D eigenvalue weighted by atomic mass is 32.2. The third-order valence-corrected chi connectivity index (χ3v) is 4.16. The lowest BCUT2D eigenvalue weighted by atomic mass is 10.2. The number of nitrogens with one attached hydrogen (secondary N) is 1. The van der Waals surface area contributed by atoms with E-state index in [9.17, 15) is 22.9 Å². The van der Waals surface area contributed by atoms with Gasteiger partial charge in [-0.25, -0.2) is 12.8 Å². The van der Waals surface area contributed by atoms with E-state index in [-0.39, 0.29) is 17.1 Å². The van der Waals surface area contributed by atoms with Crippen LogP contribution in [0.5, 0.6) is 5.75 Å². The van der Waals surface area contributed by atoms with Crippen LogP contribution in [-0.2, 0) is 10.0 Å². The predicted octanol–water partition coefficient (Wildman–Crippen LogP) is 2.54. The number of nitro benzene ring substituents is 1. The standard InChI is InChI=1S/C13H11FN2O5S/c1-21-12-7-6-9(16(17)18)8-11(12)15-22(19,20)13-5-3-2-4-10(13)14/h2-8,15H,1H3. The fourth-order valence-corrected chi connectivity index (χ4v) is 2.89. The molecule has 0 aliphatic carbocycles. The van der Waals surface area contributed by atoms with Gasteiger partial charge in [0.25, 0.3) is 15.7 Å². The summed E-state index contributed by atoms with van der Waals surface area (Å²) in [6.07, 6.45) is 0. The Morgan fingerprint density at radius 3 is 2.50 bits per heavy atom. The first-order valence-corrected chi connectivity index (χ1v) is 7.43. The number of nitro groups is 1. The van der Waals surface area contributed by atoms with E-state index in [2.05, 4.69) is 4.72 Å². The Balaban J connectivity index is 2.47. The van der Waals surface area contributed by atoms with E-state index in [1.807, 2.05) is 0 Å². The lowest BCUT2D eigenvalue weighted by molar-refractivity contribution is -0.384. The van der Waals surface area contributed by atoms with E-state index in [4.69, 9.17) is 4.74 Å². The molecule has 0 heterocycles. The van der Waals surface area contributed by atoms with Gasteiger partial charge in [-0.05, 0) is 18.2 Å². The summed E-state index contributed by atoms with van der Waals surface area (Å²) in [6.45, 7) is 0. The summed E-state index contributed by atoms with van der Waals surface area (Å²) in [6, 6.07) is 8.21. The summed E-state index contributed by atoms with van der Waals surface area (Å²) in [7, 11) is -2.97. The quantitative estimate of drug-likeness (QED) is 0.672.